The monoisotopic (exact) mass is 324 g/mol. The summed E-state index contributed by atoms with van der Waals surface area (Å²) in [5.74, 6) is -0.343. The fourth-order valence-corrected chi connectivity index (χ4v) is 2.35. The first-order valence-corrected chi connectivity index (χ1v) is 7.22. The van der Waals surface area contributed by atoms with Gasteiger partial charge in [0.05, 0.1) is 18.4 Å². The highest BCUT2D eigenvalue weighted by molar-refractivity contribution is 6.06. The summed E-state index contributed by atoms with van der Waals surface area (Å²) in [5, 5.41) is 20.4. The van der Waals surface area contributed by atoms with Crippen LogP contribution in [0.1, 0.15) is 15.9 Å². The van der Waals surface area contributed by atoms with Crippen LogP contribution < -0.4 is 10.1 Å². The average molecular weight is 324 g/mol. The molecule has 0 atom stereocenters. The maximum Gasteiger partial charge on any atom is 0.259 e. The van der Waals surface area contributed by atoms with E-state index in [9.17, 15) is 9.90 Å². The minimum absolute atomic E-state index is 0.154. The van der Waals surface area contributed by atoms with Crippen molar-refractivity contribution in [1.29, 1.82) is 0 Å². The van der Waals surface area contributed by atoms with Gasteiger partial charge in [0.1, 0.15) is 12.7 Å². The number of hydrogen-bond acceptors (Lipinski definition) is 5. The van der Waals surface area contributed by atoms with Gasteiger partial charge in [-0.25, -0.2) is 0 Å². The molecule has 0 aliphatic heterocycles. The lowest BCUT2D eigenvalue weighted by Gasteiger charge is -2.12. The fourth-order valence-electron chi connectivity index (χ4n) is 2.35. The van der Waals surface area contributed by atoms with E-state index >= 15 is 0 Å². The van der Waals surface area contributed by atoms with Crippen LogP contribution in [0.3, 0.4) is 0 Å². The van der Waals surface area contributed by atoms with E-state index in [4.69, 9.17) is 4.74 Å². The number of aryl methyl sites for hydroxylation is 1. The highest BCUT2D eigenvalue weighted by Gasteiger charge is 2.16. The zero-order valence-electron chi connectivity index (χ0n) is 13.2. The number of methoxy groups -OCH3 is 1. The molecule has 0 aliphatic rings. The maximum atomic E-state index is 12.5. The smallest absolute Gasteiger partial charge is 0.259 e. The van der Waals surface area contributed by atoms with Crippen molar-refractivity contribution in [2.45, 2.75) is 6.92 Å². The van der Waals surface area contributed by atoms with Crippen molar-refractivity contribution < 1.29 is 14.6 Å². The molecule has 7 heteroatoms. The van der Waals surface area contributed by atoms with Crippen molar-refractivity contribution in [2.24, 2.45) is 0 Å². The predicted molar refractivity (Wildman–Crippen MR) is 88.7 cm³/mol. The molecule has 24 heavy (non-hydrogen) atoms. The van der Waals surface area contributed by atoms with Crippen molar-refractivity contribution in [3.8, 4) is 17.2 Å². The first-order valence-electron chi connectivity index (χ1n) is 7.22. The first-order chi connectivity index (χ1) is 11.6. The number of phenols is 1. The predicted octanol–water partition coefficient (Wildman–Crippen LogP) is 2.54. The molecule has 2 aromatic carbocycles. The Morgan fingerprint density at radius 1 is 1.21 bits per heavy atom. The third-order valence-electron chi connectivity index (χ3n) is 3.50. The number of aromatic hydroxyl groups is 1. The molecule has 1 heterocycles. The van der Waals surface area contributed by atoms with Crippen LogP contribution in [-0.4, -0.2) is 32.9 Å². The zero-order chi connectivity index (χ0) is 17.1. The number of benzene rings is 2. The summed E-state index contributed by atoms with van der Waals surface area (Å²) in [6.07, 6.45) is 3.14. The lowest BCUT2D eigenvalue weighted by Crippen LogP contribution is -2.13. The molecular weight excluding hydrogens is 308 g/mol. The number of phenolic OH excluding ortho intramolecular Hbond substituents is 1. The molecule has 1 aromatic heterocycles. The quantitative estimate of drug-likeness (QED) is 0.770. The van der Waals surface area contributed by atoms with Crippen molar-refractivity contribution in [2.75, 3.05) is 12.4 Å². The van der Waals surface area contributed by atoms with Crippen molar-refractivity contribution in [3.63, 3.8) is 0 Å². The Hall–Kier alpha value is -3.35. The van der Waals surface area contributed by atoms with Crippen LogP contribution in [-0.2, 0) is 0 Å². The summed E-state index contributed by atoms with van der Waals surface area (Å²) < 4.78 is 6.81. The van der Waals surface area contributed by atoms with Crippen molar-refractivity contribution in [1.82, 2.24) is 14.8 Å². The second-order valence-corrected chi connectivity index (χ2v) is 5.24. The Morgan fingerprint density at radius 3 is 2.67 bits per heavy atom. The van der Waals surface area contributed by atoms with Gasteiger partial charge in [-0.2, -0.15) is 0 Å². The second-order valence-electron chi connectivity index (χ2n) is 5.24. The number of nitrogens with one attached hydrogen (secondary N) is 1. The highest BCUT2D eigenvalue weighted by Crippen LogP contribution is 2.31. The topological polar surface area (TPSA) is 89.3 Å². The third kappa shape index (κ3) is 3.05. The van der Waals surface area contributed by atoms with Gasteiger partial charge >= 0.3 is 0 Å². The molecule has 0 radical (unpaired) electrons. The number of nitrogens with zero attached hydrogens (tertiary/aromatic N) is 3. The minimum atomic E-state index is -0.421. The van der Waals surface area contributed by atoms with Gasteiger partial charge in [-0.05, 0) is 42.8 Å². The van der Waals surface area contributed by atoms with E-state index in [0.29, 0.717) is 5.69 Å². The van der Waals surface area contributed by atoms with Crippen LogP contribution in [0.15, 0.2) is 49.1 Å². The number of ether oxygens (including phenoxy) is 1. The summed E-state index contributed by atoms with van der Waals surface area (Å²) in [7, 11) is 1.44. The van der Waals surface area contributed by atoms with Crippen molar-refractivity contribution >= 4 is 11.6 Å². The number of hydrogen-bond donors (Lipinski definition) is 2. The van der Waals surface area contributed by atoms with Crippen LogP contribution in [0.4, 0.5) is 5.69 Å². The largest absolute Gasteiger partial charge is 0.504 e. The van der Waals surface area contributed by atoms with E-state index in [-0.39, 0.29) is 17.1 Å². The second kappa shape index (κ2) is 6.41. The summed E-state index contributed by atoms with van der Waals surface area (Å²) in [6.45, 7) is 1.82. The van der Waals surface area contributed by atoms with Crippen LogP contribution in [0, 0.1) is 6.92 Å². The Morgan fingerprint density at radius 2 is 1.96 bits per heavy atom. The number of amides is 1. The van der Waals surface area contributed by atoms with E-state index in [2.05, 4.69) is 15.5 Å². The number of carbonyl (C=O) groups is 1. The van der Waals surface area contributed by atoms with Gasteiger partial charge in [-0.3, -0.25) is 9.36 Å². The van der Waals surface area contributed by atoms with E-state index in [0.717, 1.165) is 11.3 Å². The summed E-state index contributed by atoms with van der Waals surface area (Å²) in [5.41, 5.74) is 2.37. The normalized spacial score (nSPS) is 10.4. The van der Waals surface area contributed by atoms with Gasteiger partial charge < -0.3 is 15.2 Å². The summed E-state index contributed by atoms with van der Waals surface area (Å²) in [4.78, 5) is 12.5. The molecule has 0 spiro atoms. The number of aromatic nitrogens is 3. The number of carbonyl (C=O) groups excluding carboxylic acids is 1. The van der Waals surface area contributed by atoms with Gasteiger partial charge in [-0.1, -0.05) is 6.07 Å². The third-order valence-corrected chi connectivity index (χ3v) is 3.50. The Labute approximate surface area is 138 Å². The van der Waals surface area contributed by atoms with Crippen LogP contribution >= 0.6 is 0 Å². The maximum absolute atomic E-state index is 12.5. The average Bonchev–Trinajstić information content (AvgIpc) is 3.11. The molecule has 7 nitrogen and oxygen atoms in total. The molecule has 122 valence electrons. The molecule has 0 fully saturated rings. The fraction of sp³-hybridized carbons (Fsp3) is 0.118. The van der Waals surface area contributed by atoms with Gasteiger partial charge in [0.2, 0.25) is 0 Å². The van der Waals surface area contributed by atoms with Crippen LogP contribution in [0.25, 0.3) is 5.69 Å². The Kier molecular flexibility index (Phi) is 4.15. The SMILES string of the molecule is COc1cc(C)cc(C(=O)Nc2cccc(-n3cnnc3)c2)c1O. The molecule has 1 amide bonds. The molecule has 0 aliphatic carbocycles. The van der Waals surface area contributed by atoms with E-state index in [1.807, 2.05) is 19.1 Å². The van der Waals surface area contributed by atoms with Crippen LogP contribution in [0.5, 0.6) is 11.5 Å². The lowest BCUT2D eigenvalue weighted by atomic mass is 10.1. The Balaban J connectivity index is 1.88. The van der Waals surface area contributed by atoms with Gasteiger partial charge in [-0.15, -0.1) is 10.2 Å². The van der Waals surface area contributed by atoms with E-state index in [1.165, 1.54) is 7.11 Å². The molecule has 2 N–H and O–H groups in total. The lowest BCUT2D eigenvalue weighted by molar-refractivity contribution is 0.102. The molecule has 0 saturated carbocycles. The van der Waals surface area contributed by atoms with E-state index in [1.54, 1.807) is 41.5 Å². The van der Waals surface area contributed by atoms with Crippen molar-refractivity contribution in [3.05, 3.63) is 60.2 Å². The molecular formula is C17H16N4O3. The Bertz CT molecular complexity index is 876. The minimum Gasteiger partial charge on any atom is -0.504 e. The number of rotatable bonds is 4. The summed E-state index contributed by atoms with van der Waals surface area (Å²) in [6, 6.07) is 10.5. The molecule has 3 rings (SSSR count). The van der Waals surface area contributed by atoms with E-state index < -0.39 is 5.91 Å². The van der Waals surface area contributed by atoms with Crippen LogP contribution in [0.2, 0.25) is 0 Å². The summed E-state index contributed by atoms with van der Waals surface area (Å²) >= 11 is 0. The molecule has 0 saturated heterocycles. The number of anilines is 1. The van der Waals surface area contributed by atoms with Gasteiger partial charge in [0, 0.05) is 5.69 Å². The zero-order valence-corrected chi connectivity index (χ0v) is 13.2. The van der Waals surface area contributed by atoms with Gasteiger partial charge in [0.15, 0.2) is 11.5 Å². The first kappa shape index (κ1) is 15.5. The molecule has 0 bridgehead atoms. The highest BCUT2D eigenvalue weighted by atomic mass is 16.5. The molecule has 3 aromatic rings. The standard InChI is InChI=1S/C17H16N4O3/c1-11-6-14(16(22)15(7-11)24-2)17(23)20-12-4-3-5-13(8-12)21-9-18-19-10-21/h3-10,22H,1-2H3,(H,20,23). The van der Waals surface area contributed by atoms with Gasteiger partial charge in [0.25, 0.3) is 5.91 Å². The molecule has 0 unspecified atom stereocenters.